The molecule has 0 aromatic rings. The van der Waals surface area contributed by atoms with Crippen LogP contribution in [-0.2, 0) is 50.5 Å². The van der Waals surface area contributed by atoms with Crippen molar-refractivity contribution in [3.8, 4) is 0 Å². The van der Waals surface area contributed by atoms with Gasteiger partial charge >= 0.3 is 17.9 Å². The minimum Gasteiger partial charge on any atom is -0.481 e. The van der Waals surface area contributed by atoms with Crippen molar-refractivity contribution in [1.82, 2.24) is 0 Å². The maximum Gasteiger partial charge on any atom is 0.313 e. The minimum atomic E-state index is -1.06. The number of Topliss-reactive ketones (excluding diaryl/α,β-unsaturated/α-hetero) is 3. The van der Waals surface area contributed by atoms with Gasteiger partial charge in [-0.2, -0.15) is 0 Å². The quantitative estimate of drug-likeness (QED) is 0.314. The molecule has 0 aliphatic heterocycles. The second kappa shape index (κ2) is 21.8. The second-order valence-corrected chi connectivity index (χ2v) is 6.59. The zero-order valence-corrected chi connectivity index (χ0v) is 20.3. The van der Waals surface area contributed by atoms with Crippen molar-refractivity contribution in [3.63, 3.8) is 0 Å². The summed E-state index contributed by atoms with van der Waals surface area (Å²) in [6.07, 6.45) is 0. The summed E-state index contributed by atoms with van der Waals surface area (Å²) in [5.74, 6) is -6.21. The Morgan fingerprint density at radius 2 is 0.700 bits per heavy atom. The molecule has 11 heteroatoms. The fraction of sp³-hybridized carbons (Fsp3) is 0.684. The Morgan fingerprint density at radius 1 is 0.567 bits per heavy atom. The second-order valence-electron chi connectivity index (χ2n) is 6.59. The number of ketones is 3. The van der Waals surface area contributed by atoms with Crippen molar-refractivity contribution in [2.45, 2.75) is 55.4 Å². The molecule has 0 aromatic heterocycles. The van der Waals surface area contributed by atoms with Crippen LogP contribution in [0.3, 0.4) is 0 Å². The van der Waals surface area contributed by atoms with Gasteiger partial charge in [0.05, 0.1) is 0 Å². The van der Waals surface area contributed by atoms with E-state index in [0.717, 1.165) is 0 Å². The zero-order valence-electron chi connectivity index (χ0n) is 18.8. The van der Waals surface area contributed by atoms with E-state index < -0.39 is 35.7 Å². The number of hydrogen-bond donors (Lipinski definition) is 4. The minimum absolute atomic E-state index is 0. The molecule has 0 spiro atoms. The predicted octanol–water partition coefficient (Wildman–Crippen LogP) is 1.52. The van der Waals surface area contributed by atoms with Crippen LogP contribution >= 0.6 is 0 Å². The van der Waals surface area contributed by atoms with E-state index in [4.69, 9.17) is 20.4 Å². The van der Waals surface area contributed by atoms with Gasteiger partial charge in [0.15, 0.2) is 0 Å². The number of carboxylic acid groups (broad SMARTS) is 3. The van der Waals surface area contributed by atoms with Crippen LogP contribution in [0.1, 0.15) is 55.4 Å². The molecule has 0 fully saturated rings. The van der Waals surface area contributed by atoms with E-state index in [-0.39, 0.29) is 39.1 Å². The van der Waals surface area contributed by atoms with Gasteiger partial charge in [-0.15, -0.1) is 0 Å². The monoisotopic (exact) mass is 470 g/mol. The first-order valence-electron chi connectivity index (χ1n) is 8.74. The molecule has 0 heterocycles. The van der Waals surface area contributed by atoms with E-state index in [1.165, 1.54) is 41.5 Å². The van der Waals surface area contributed by atoms with Crippen LogP contribution in [0.15, 0.2) is 0 Å². The maximum absolute atomic E-state index is 10.2. The van der Waals surface area contributed by atoms with Crippen LogP contribution in [0, 0.1) is 23.7 Å². The molecule has 0 rings (SSSR count). The molecule has 174 valence electrons. The topological polar surface area (TPSA) is 183 Å². The predicted molar refractivity (Wildman–Crippen MR) is 104 cm³/mol. The number of rotatable bonds is 7. The van der Waals surface area contributed by atoms with E-state index in [1.54, 1.807) is 0 Å². The van der Waals surface area contributed by atoms with Gasteiger partial charge in [0, 0.05) is 28.3 Å². The average molecular weight is 470 g/mol. The van der Waals surface area contributed by atoms with Crippen molar-refractivity contribution in [1.29, 1.82) is 0 Å². The smallest absolute Gasteiger partial charge is 0.313 e. The van der Waals surface area contributed by atoms with Crippen LogP contribution in [0.25, 0.3) is 0 Å². The Kier molecular flexibility index (Phi) is 28.1. The van der Waals surface area contributed by atoms with Gasteiger partial charge in [-0.25, -0.2) is 0 Å². The average Bonchev–Trinajstić information content (AvgIpc) is 2.60. The number of aliphatic hydroxyl groups is 1. The van der Waals surface area contributed by atoms with Gasteiger partial charge < -0.3 is 20.4 Å². The van der Waals surface area contributed by atoms with Crippen LogP contribution in [0.2, 0.25) is 0 Å². The molecule has 0 aliphatic carbocycles. The van der Waals surface area contributed by atoms with E-state index in [9.17, 15) is 28.8 Å². The summed E-state index contributed by atoms with van der Waals surface area (Å²) in [6.45, 7) is 12.1. The third kappa shape index (κ3) is 28.3. The molecular weight excluding hydrogens is 436 g/mol. The Labute approximate surface area is 191 Å². The molecule has 10 nitrogen and oxygen atoms in total. The zero-order chi connectivity index (χ0) is 24.5. The van der Waals surface area contributed by atoms with E-state index >= 15 is 0 Å². The maximum atomic E-state index is 10.2. The summed E-state index contributed by atoms with van der Waals surface area (Å²) in [5, 5.41) is 32.5. The van der Waals surface area contributed by atoms with Gasteiger partial charge in [-0.1, -0.05) is 13.8 Å². The van der Waals surface area contributed by atoms with Crippen molar-refractivity contribution >= 4 is 35.3 Å². The molecule has 3 atom stereocenters. The summed E-state index contributed by atoms with van der Waals surface area (Å²) in [4.78, 5) is 60.4. The van der Waals surface area contributed by atoms with Crippen LogP contribution in [0.5, 0.6) is 0 Å². The molecule has 0 saturated heterocycles. The van der Waals surface area contributed by atoms with Gasteiger partial charge in [0.25, 0.3) is 0 Å². The number of hydrogen-bond acceptors (Lipinski definition) is 7. The summed E-state index contributed by atoms with van der Waals surface area (Å²) in [6, 6.07) is 0. The van der Waals surface area contributed by atoms with Crippen LogP contribution in [-0.4, -0.2) is 62.3 Å². The molecule has 4 N–H and O–H groups in total. The molecular formula is C19H34O10Ti. The largest absolute Gasteiger partial charge is 0.481 e. The summed E-state index contributed by atoms with van der Waals surface area (Å²) >= 11 is 0. The number of carbonyl (C=O) groups is 6. The Bertz CT molecular complexity index is 444. The first kappa shape index (κ1) is 38.7. The molecule has 0 amide bonds. The molecule has 3 unspecified atom stereocenters. The van der Waals surface area contributed by atoms with E-state index in [2.05, 4.69) is 0 Å². The van der Waals surface area contributed by atoms with Crippen LogP contribution in [0.4, 0.5) is 0 Å². The molecule has 0 aromatic carbocycles. The Hall–Kier alpha value is -1.91. The first-order chi connectivity index (χ1) is 12.9. The molecule has 0 radical (unpaired) electrons. The van der Waals surface area contributed by atoms with E-state index in [0.29, 0.717) is 12.5 Å². The van der Waals surface area contributed by atoms with Gasteiger partial charge in [-0.3, -0.25) is 28.8 Å². The summed E-state index contributed by atoms with van der Waals surface area (Å²) in [7, 11) is 0. The van der Waals surface area contributed by atoms with Crippen molar-refractivity contribution in [3.05, 3.63) is 0 Å². The third-order valence-electron chi connectivity index (χ3n) is 3.31. The number of carbonyl (C=O) groups excluding carboxylic acids is 3. The fourth-order valence-corrected chi connectivity index (χ4v) is 0.522. The fourth-order valence-electron chi connectivity index (χ4n) is 0.522. The van der Waals surface area contributed by atoms with Crippen molar-refractivity contribution in [2.75, 3.05) is 6.61 Å². The van der Waals surface area contributed by atoms with Gasteiger partial charge in [0.2, 0.25) is 0 Å². The Balaban J connectivity index is -0.0000000929. The van der Waals surface area contributed by atoms with Gasteiger partial charge in [0.1, 0.15) is 35.1 Å². The number of carboxylic acids is 3. The molecule has 30 heavy (non-hydrogen) atoms. The summed E-state index contributed by atoms with van der Waals surface area (Å²) in [5.41, 5.74) is 0. The number of aliphatic carboxylic acids is 3. The van der Waals surface area contributed by atoms with Gasteiger partial charge in [-0.05, 0) is 47.5 Å². The molecule has 0 saturated carbocycles. The van der Waals surface area contributed by atoms with Crippen molar-refractivity contribution in [2.24, 2.45) is 23.7 Å². The number of aliphatic hydroxyl groups excluding tert-OH is 1. The Morgan fingerprint density at radius 3 is 0.700 bits per heavy atom. The van der Waals surface area contributed by atoms with E-state index in [1.807, 2.05) is 13.8 Å². The van der Waals surface area contributed by atoms with Crippen molar-refractivity contribution < 1.29 is 70.9 Å². The molecule has 0 bridgehead atoms. The SMILES string of the molecule is CC(=O)C(C)C(=O)O.CC(=O)C(C)C(=O)O.CC(=O)C(C)C(=O)O.CC(C)CO.[Ti]. The van der Waals surface area contributed by atoms with Crippen LogP contribution < -0.4 is 0 Å². The molecule has 0 aliphatic rings. The normalized spacial score (nSPS) is 11.8. The standard InChI is InChI=1S/3C5H8O3.C4H10O.Ti/c3*1-3(4(2)6)5(7)8;1-4(2)3-5;/h3*3H,1-2H3,(H,7,8);4-5H,3H2,1-2H3;. The third-order valence-corrected chi connectivity index (χ3v) is 3.31. The summed E-state index contributed by atoms with van der Waals surface area (Å²) < 4.78 is 0. The first-order valence-corrected chi connectivity index (χ1v) is 8.74.